The number of rotatable bonds is 4. The van der Waals surface area contributed by atoms with Gasteiger partial charge in [0, 0.05) is 12.6 Å². The van der Waals surface area contributed by atoms with Crippen molar-refractivity contribution < 1.29 is 4.74 Å². The molecule has 0 radical (unpaired) electrons. The van der Waals surface area contributed by atoms with Crippen LogP contribution in [0, 0.1) is 6.92 Å². The maximum atomic E-state index is 5.66. The summed E-state index contributed by atoms with van der Waals surface area (Å²) in [5.74, 6) is 0.939. The molecule has 1 saturated carbocycles. The third-order valence-electron chi connectivity index (χ3n) is 2.94. The topological polar surface area (TPSA) is 60.2 Å². The highest BCUT2D eigenvalue weighted by molar-refractivity contribution is 5.51. The number of nitrogens with zero attached hydrogens (tertiary/aromatic N) is 1. The van der Waals surface area contributed by atoms with Crippen LogP contribution >= 0.6 is 0 Å². The van der Waals surface area contributed by atoms with E-state index >= 15 is 0 Å². The number of ether oxygens (including phenoxy) is 1. The number of nitrogen functional groups attached to an aromatic ring is 1. The zero-order valence-electron chi connectivity index (χ0n) is 9.86. The second-order valence-corrected chi connectivity index (χ2v) is 4.32. The molecule has 0 bridgehead atoms. The summed E-state index contributed by atoms with van der Waals surface area (Å²) >= 11 is 0. The van der Waals surface area contributed by atoms with Crippen LogP contribution in [0.2, 0.25) is 0 Å². The Morgan fingerprint density at radius 2 is 2.31 bits per heavy atom. The molecular weight excluding hydrogens is 202 g/mol. The summed E-state index contributed by atoms with van der Waals surface area (Å²) in [6.07, 6.45) is 4.25. The number of pyridine rings is 1. The Morgan fingerprint density at radius 3 is 2.94 bits per heavy atom. The number of hydrogen-bond acceptors (Lipinski definition) is 4. The normalized spacial score (nSPS) is 23.9. The molecule has 0 atom stereocenters. The van der Waals surface area contributed by atoms with Gasteiger partial charge in [0.05, 0.1) is 18.0 Å². The minimum Gasteiger partial charge on any atom is -0.397 e. The Hall–Kier alpha value is -1.29. The predicted octanol–water partition coefficient (Wildman–Crippen LogP) is 1.95. The van der Waals surface area contributed by atoms with Gasteiger partial charge >= 0.3 is 0 Å². The van der Waals surface area contributed by atoms with Crippen LogP contribution in [0.5, 0.6) is 0 Å². The van der Waals surface area contributed by atoms with Crippen molar-refractivity contribution in [3.05, 3.63) is 17.8 Å². The lowest BCUT2D eigenvalue weighted by molar-refractivity contribution is 0.00291. The first-order valence-corrected chi connectivity index (χ1v) is 5.79. The molecule has 0 unspecified atom stereocenters. The number of anilines is 2. The average molecular weight is 221 g/mol. The van der Waals surface area contributed by atoms with E-state index in [4.69, 9.17) is 10.5 Å². The lowest BCUT2D eigenvalue weighted by Crippen LogP contribution is -2.41. The van der Waals surface area contributed by atoms with Gasteiger partial charge in [0.2, 0.25) is 0 Å². The molecule has 0 aromatic carbocycles. The summed E-state index contributed by atoms with van der Waals surface area (Å²) < 4.78 is 5.51. The smallest absolute Gasteiger partial charge is 0.129 e. The highest BCUT2D eigenvalue weighted by Gasteiger charge is 2.29. The minimum absolute atomic E-state index is 0.427. The largest absolute Gasteiger partial charge is 0.397 e. The molecule has 0 amide bonds. The van der Waals surface area contributed by atoms with Gasteiger partial charge in [-0.1, -0.05) is 0 Å². The first kappa shape index (κ1) is 11.2. The van der Waals surface area contributed by atoms with Crippen molar-refractivity contribution in [3.8, 4) is 0 Å². The van der Waals surface area contributed by atoms with Crippen molar-refractivity contribution >= 4 is 11.5 Å². The van der Waals surface area contributed by atoms with E-state index in [1.165, 1.54) is 0 Å². The van der Waals surface area contributed by atoms with Gasteiger partial charge in [-0.3, -0.25) is 0 Å². The van der Waals surface area contributed by atoms with Gasteiger partial charge in [0.25, 0.3) is 0 Å². The van der Waals surface area contributed by atoms with E-state index in [-0.39, 0.29) is 0 Å². The third-order valence-corrected chi connectivity index (χ3v) is 2.94. The molecule has 0 aliphatic heterocycles. The second-order valence-electron chi connectivity index (χ2n) is 4.32. The van der Waals surface area contributed by atoms with E-state index < -0.39 is 0 Å². The summed E-state index contributed by atoms with van der Waals surface area (Å²) in [5.41, 5.74) is 7.47. The molecule has 1 aliphatic rings. The SMILES string of the molecule is CCOC1CC(Nc2ncc(N)cc2C)C1. The maximum absolute atomic E-state index is 5.66. The van der Waals surface area contributed by atoms with Crippen molar-refractivity contribution in [2.24, 2.45) is 0 Å². The van der Waals surface area contributed by atoms with Gasteiger partial charge < -0.3 is 15.8 Å². The molecule has 0 saturated heterocycles. The van der Waals surface area contributed by atoms with Crippen molar-refractivity contribution in [2.75, 3.05) is 17.7 Å². The first-order chi connectivity index (χ1) is 7.69. The lowest BCUT2D eigenvalue weighted by atomic mass is 9.89. The summed E-state index contributed by atoms with van der Waals surface area (Å²) in [5, 5.41) is 3.42. The number of nitrogens with one attached hydrogen (secondary N) is 1. The van der Waals surface area contributed by atoms with E-state index in [9.17, 15) is 0 Å². The number of aromatic nitrogens is 1. The molecule has 1 aliphatic carbocycles. The Morgan fingerprint density at radius 1 is 1.56 bits per heavy atom. The first-order valence-electron chi connectivity index (χ1n) is 5.79. The maximum Gasteiger partial charge on any atom is 0.129 e. The van der Waals surface area contributed by atoms with Gasteiger partial charge in [-0.2, -0.15) is 0 Å². The second kappa shape index (κ2) is 4.70. The van der Waals surface area contributed by atoms with E-state index in [1.54, 1.807) is 6.20 Å². The summed E-state index contributed by atoms with van der Waals surface area (Å²) in [6.45, 7) is 4.85. The molecule has 88 valence electrons. The number of hydrogen-bond donors (Lipinski definition) is 2. The zero-order valence-corrected chi connectivity index (χ0v) is 9.86. The Labute approximate surface area is 96.2 Å². The fraction of sp³-hybridized carbons (Fsp3) is 0.583. The van der Waals surface area contributed by atoms with Crippen LogP contribution in [0.4, 0.5) is 11.5 Å². The standard InChI is InChI=1S/C12H19N3O/c1-3-16-11-5-10(6-11)15-12-8(2)4-9(13)7-14-12/h4,7,10-11H,3,5-6,13H2,1-2H3,(H,14,15). The highest BCUT2D eigenvalue weighted by Crippen LogP contribution is 2.27. The Bertz CT molecular complexity index is 361. The molecule has 1 fully saturated rings. The molecule has 1 heterocycles. The third kappa shape index (κ3) is 2.44. The summed E-state index contributed by atoms with van der Waals surface area (Å²) in [4.78, 5) is 4.29. The molecule has 1 aromatic heterocycles. The zero-order chi connectivity index (χ0) is 11.5. The van der Waals surface area contributed by atoms with E-state index in [0.717, 1.165) is 30.8 Å². The van der Waals surface area contributed by atoms with Crippen LogP contribution in [0.15, 0.2) is 12.3 Å². The van der Waals surface area contributed by atoms with Crippen LogP contribution < -0.4 is 11.1 Å². The fourth-order valence-electron chi connectivity index (χ4n) is 2.00. The summed E-state index contributed by atoms with van der Waals surface area (Å²) in [7, 11) is 0. The van der Waals surface area contributed by atoms with Gasteiger partial charge in [0.1, 0.15) is 5.82 Å². The average Bonchev–Trinajstić information content (AvgIpc) is 2.18. The van der Waals surface area contributed by atoms with Crippen LogP contribution in [-0.4, -0.2) is 23.7 Å². The van der Waals surface area contributed by atoms with E-state index in [1.807, 2.05) is 19.9 Å². The quantitative estimate of drug-likeness (QED) is 0.816. The van der Waals surface area contributed by atoms with Gasteiger partial charge in [0.15, 0.2) is 0 Å². The molecule has 4 heteroatoms. The monoisotopic (exact) mass is 221 g/mol. The van der Waals surface area contributed by atoms with Crippen LogP contribution in [0.1, 0.15) is 25.3 Å². The van der Waals surface area contributed by atoms with Crippen molar-refractivity contribution in [1.29, 1.82) is 0 Å². The van der Waals surface area contributed by atoms with Gasteiger partial charge in [-0.25, -0.2) is 4.98 Å². The molecule has 0 spiro atoms. The Kier molecular flexibility index (Phi) is 3.29. The van der Waals surface area contributed by atoms with Crippen LogP contribution in [-0.2, 0) is 4.74 Å². The van der Waals surface area contributed by atoms with Crippen LogP contribution in [0.25, 0.3) is 0 Å². The Balaban J connectivity index is 1.87. The lowest BCUT2D eigenvalue weighted by Gasteiger charge is -2.36. The molecule has 16 heavy (non-hydrogen) atoms. The van der Waals surface area contributed by atoms with Crippen molar-refractivity contribution in [2.45, 2.75) is 38.8 Å². The van der Waals surface area contributed by atoms with Crippen molar-refractivity contribution in [1.82, 2.24) is 4.98 Å². The fourth-order valence-corrected chi connectivity index (χ4v) is 2.00. The molecule has 2 rings (SSSR count). The predicted molar refractivity (Wildman–Crippen MR) is 65.4 cm³/mol. The van der Waals surface area contributed by atoms with Gasteiger partial charge in [-0.15, -0.1) is 0 Å². The van der Waals surface area contributed by atoms with E-state index in [0.29, 0.717) is 17.8 Å². The van der Waals surface area contributed by atoms with E-state index in [2.05, 4.69) is 10.3 Å². The minimum atomic E-state index is 0.427. The molecular formula is C12H19N3O. The molecule has 1 aromatic rings. The van der Waals surface area contributed by atoms with Crippen LogP contribution in [0.3, 0.4) is 0 Å². The highest BCUT2D eigenvalue weighted by atomic mass is 16.5. The molecule has 3 N–H and O–H groups in total. The number of nitrogens with two attached hydrogens (primary N) is 1. The number of aryl methyl sites for hydroxylation is 1. The molecule has 4 nitrogen and oxygen atoms in total. The van der Waals surface area contributed by atoms with Crippen molar-refractivity contribution in [3.63, 3.8) is 0 Å². The summed E-state index contributed by atoms with van der Waals surface area (Å²) in [6, 6.07) is 2.43. The van der Waals surface area contributed by atoms with Gasteiger partial charge in [-0.05, 0) is 38.3 Å².